The molecule has 0 aliphatic carbocycles. The molecule has 0 fully saturated rings. The van der Waals surface area contributed by atoms with E-state index in [2.05, 4.69) is 10.3 Å². The molecule has 150 valence electrons. The van der Waals surface area contributed by atoms with E-state index in [1.54, 1.807) is 42.6 Å². The molecule has 29 heavy (non-hydrogen) atoms. The first-order valence-electron chi connectivity index (χ1n) is 8.92. The quantitative estimate of drug-likeness (QED) is 0.637. The number of aromatic nitrogens is 1. The molecule has 1 unspecified atom stereocenters. The Morgan fingerprint density at radius 1 is 1.14 bits per heavy atom. The van der Waals surface area contributed by atoms with E-state index < -0.39 is 11.9 Å². The summed E-state index contributed by atoms with van der Waals surface area (Å²) in [5.74, 6) is -0.346. The maximum Gasteiger partial charge on any atom is 0.253 e. The molecule has 0 saturated heterocycles. The molecule has 1 atom stereocenters. The van der Waals surface area contributed by atoms with Gasteiger partial charge in [-0.3, -0.25) is 9.78 Å². The molecule has 3 rings (SSSR count). The second kappa shape index (κ2) is 9.05. The molecule has 0 aliphatic heterocycles. The fourth-order valence-corrected chi connectivity index (χ4v) is 3.02. The van der Waals surface area contributed by atoms with Crippen LogP contribution in [-0.4, -0.2) is 30.2 Å². The van der Waals surface area contributed by atoms with Crippen LogP contribution in [0.25, 0.3) is 0 Å². The number of phenolic OH excluding ortho intramolecular Hbond substituents is 1. The number of rotatable bonds is 7. The van der Waals surface area contributed by atoms with Crippen LogP contribution in [0, 0.1) is 5.82 Å². The molecule has 1 aromatic heterocycles. The molecular weight excluding hydrogens is 375 g/mol. The third kappa shape index (κ3) is 4.82. The minimum Gasteiger partial charge on any atom is -0.502 e. The lowest BCUT2D eigenvalue weighted by molar-refractivity contribution is 0.0936. The zero-order valence-corrected chi connectivity index (χ0v) is 16.1. The Bertz CT molecular complexity index is 970. The van der Waals surface area contributed by atoms with Gasteiger partial charge in [0.25, 0.3) is 5.91 Å². The highest BCUT2D eigenvalue weighted by Gasteiger charge is 2.20. The molecule has 2 aromatic carbocycles. The summed E-state index contributed by atoms with van der Waals surface area (Å²) in [5.41, 5.74) is 1.74. The van der Waals surface area contributed by atoms with Gasteiger partial charge >= 0.3 is 0 Å². The average Bonchev–Trinajstić information content (AvgIpc) is 2.74. The maximum absolute atomic E-state index is 13.8. The van der Waals surface area contributed by atoms with Crippen molar-refractivity contribution in [3.8, 4) is 17.2 Å². The monoisotopic (exact) mass is 396 g/mol. The summed E-state index contributed by atoms with van der Waals surface area (Å²) < 4.78 is 24.2. The predicted molar refractivity (Wildman–Crippen MR) is 106 cm³/mol. The van der Waals surface area contributed by atoms with Crippen LogP contribution in [0.3, 0.4) is 0 Å². The normalized spacial score (nSPS) is 11.6. The van der Waals surface area contributed by atoms with E-state index in [1.165, 1.54) is 32.5 Å². The summed E-state index contributed by atoms with van der Waals surface area (Å²) in [6.07, 6.45) is 3.36. The standard InChI is InChI=1S/C22H21FN2O4/c1-28-19-10-14(11-20(29-2)21(19)26)9-18(15-5-3-7-17(23)12-15)25-22(27)16-6-4-8-24-13-16/h3-8,10-13,18,26H,9H2,1-2H3,(H,25,27). The van der Waals surface area contributed by atoms with E-state index in [0.717, 1.165) is 5.56 Å². The lowest BCUT2D eigenvalue weighted by Crippen LogP contribution is -2.30. The summed E-state index contributed by atoms with van der Waals surface area (Å²) in [5, 5.41) is 13.0. The van der Waals surface area contributed by atoms with Gasteiger partial charge in [-0.1, -0.05) is 12.1 Å². The summed E-state index contributed by atoms with van der Waals surface area (Å²) in [4.78, 5) is 16.6. The maximum atomic E-state index is 13.8. The van der Waals surface area contributed by atoms with Gasteiger partial charge in [-0.25, -0.2) is 4.39 Å². The highest BCUT2D eigenvalue weighted by Crippen LogP contribution is 2.38. The lowest BCUT2D eigenvalue weighted by Gasteiger charge is -2.21. The first-order chi connectivity index (χ1) is 14.0. The number of ether oxygens (including phenoxy) is 2. The number of nitrogens with one attached hydrogen (secondary N) is 1. The van der Waals surface area contributed by atoms with Crippen molar-refractivity contribution in [2.75, 3.05) is 14.2 Å². The third-order valence-electron chi connectivity index (χ3n) is 4.46. The molecule has 0 bridgehead atoms. The molecule has 0 spiro atoms. The van der Waals surface area contributed by atoms with Crippen molar-refractivity contribution >= 4 is 5.91 Å². The molecule has 0 radical (unpaired) electrons. The molecule has 0 aliphatic rings. The van der Waals surface area contributed by atoms with E-state index in [9.17, 15) is 14.3 Å². The van der Waals surface area contributed by atoms with Gasteiger partial charge in [-0.2, -0.15) is 0 Å². The van der Waals surface area contributed by atoms with E-state index in [4.69, 9.17) is 9.47 Å². The van der Waals surface area contributed by atoms with Gasteiger partial charge < -0.3 is 19.9 Å². The lowest BCUT2D eigenvalue weighted by atomic mass is 9.97. The molecule has 1 amide bonds. The fraction of sp³-hybridized carbons (Fsp3) is 0.182. The van der Waals surface area contributed by atoms with Crippen molar-refractivity contribution < 1.29 is 23.8 Å². The number of nitrogens with zero attached hydrogens (tertiary/aromatic N) is 1. The van der Waals surface area contributed by atoms with Crippen molar-refractivity contribution in [3.63, 3.8) is 0 Å². The first kappa shape index (κ1) is 20.1. The molecule has 1 heterocycles. The number of halogens is 1. The van der Waals surface area contributed by atoms with Crippen LogP contribution >= 0.6 is 0 Å². The summed E-state index contributed by atoms with van der Waals surface area (Å²) in [7, 11) is 2.87. The Labute approximate surface area is 167 Å². The molecule has 0 saturated carbocycles. The Morgan fingerprint density at radius 3 is 2.45 bits per heavy atom. The van der Waals surface area contributed by atoms with E-state index >= 15 is 0 Å². The number of hydrogen-bond donors (Lipinski definition) is 2. The highest BCUT2D eigenvalue weighted by atomic mass is 19.1. The van der Waals surface area contributed by atoms with Crippen LogP contribution < -0.4 is 14.8 Å². The smallest absolute Gasteiger partial charge is 0.253 e. The molecule has 6 nitrogen and oxygen atoms in total. The predicted octanol–water partition coefficient (Wildman–Crippen LogP) is 3.66. The van der Waals surface area contributed by atoms with Gasteiger partial charge in [0.05, 0.1) is 25.8 Å². The van der Waals surface area contributed by atoms with Crippen molar-refractivity contribution in [1.29, 1.82) is 0 Å². The van der Waals surface area contributed by atoms with Gasteiger partial charge in [0.1, 0.15) is 5.82 Å². The second-order valence-corrected chi connectivity index (χ2v) is 6.38. The number of phenols is 1. The fourth-order valence-electron chi connectivity index (χ4n) is 3.02. The Morgan fingerprint density at radius 2 is 1.86 bits per heavy atom. The van der Waals surface area contributed by atoms with Crippen molar-refractivity contribution in [3.05, 3.63) is 83.4 Å². The third-order valence-corrected chi connectivity index (χ3v) is 4.46. The van der Waals surface area contributed by atoms with Crippen LogP contribution in [0.15, 0.2) is 60.9 Å². The number of carbonyl (C=O) groups is 1. The zero-order chi connectivity index (χ0) is 20.8. The van der Waals surface area contributed by atoms with Crippen LogP contribution in [0.4, 0.5) is 4.39 Å². The minimum atomic E-state index is -0.530. The SMILES string of the molecule is COc1cc(CC(NC(=O)c2cccnc2)c2cccc(F)c2)cc(OC)c1O. The summed E-state index contributed by atoms with van der Waals surface area (Å²) in [6.45, 7) is 0. The Hall–Kier alpha value is -3.61. The van der Waals surface area contributed by atoms with Gasteiger partial charge in [-0.15, -0.1) is 0 Å². The Kier molecular flexibility index (Phi) is 6.29. The number of aromatic hydroxyl groups is 1. The van der Waals surface area contributed by atoms with Gasteiger partial charge in [0.2, 0.25) is 5.75 Å². The van der Waals surface area contributed by atoms with Crippen LogP contribution in [0.1, 0.15) is 27.5 Å². The van der Waals surface area contributed by atoms with E-state index in [-0.39, 0.29) is 23.2 Å². The zero-order valence-electron chi connectivity index (χ0n) is 16.1. The van der Waals surface area contributed by atoms with E-state index in [1.807, 2.05) is 0 Å². The summed E-state index contributed by atoms with van der Waals surface area (Å²) in [6, 6.07) is 12.1. The molecule has 7 heteroatoms. The number of pyridine rings is 1. The van der Waals surface area contributed by atoms with Gasteiger partial charge in [0, 0.05) is 12.4 Å². The molecule has 2 N–H and O–H groups in total. The van der Waals surface area contributed by atoms with Crippen molar-refractivity contribution in [2.24, 2.45) is 0 Å². The van der Waals surface area contributed by atoms with Crippen LogP contribution in [-0.2, 0) is 6.42 Å². The second-order valence-electron chi connectivity index (χ2n) is 6.38. The Balaban J connectivity index is 1.94. The number of benzene rings is 2. The average molecular weight is 396 g/mol. The number of amides is 1. The number of hydrogen-bond acceptors (Lipinski definition) is 5. The first-order valence-corrected chi connectivity index (χ1v) is 8.92. The molecule has 3 aromatic rings. The van der Waals surface area contributed by atoms with Gasteiger partial charge in [-0.05, 0) is 53.9 Å². The number of methoxy groups -OCH3 is 2. The largest absolute Gasteiger partial charge is 0.502 e. The van der Waals surface area contributed by atoms with Crippen molar-refractivity contribution in [2.45, 2.75) is 12.5 Å². The number of carbonyl (C=O) groups excluding carboxylic acids is 1. The molecular formula is C22H21FN2O4. The topological polar surface area (TPSA) is 80.7 Å². The minimum absolute atomic E-state index is 0.111. The van der Waals surface area contributed by atoms with E-state index in [0.29, 0.717) is 17.5 Å². The highest BCUT2D eigenvalue weighted by molar-refractivity contribution is 5.94. The summed E-state index contributed by atoms with van der Waals surface area (Å²) >= 11 is 0. The van der Waals surface area contributed by atoms with Crippen molar-refractivity contribution in [1.82, 2.24) is 10.3 Å². The van der Waals surface area contributed by atoms with Crippen LogP contribution in [0.2, 0.25) is 0 Å². The van der Waals surface area contributed by atoms with Crippen LogP contribution in [0.5, 0.6) is 17.2 Å². The van der Waals surface area contributed by atoms with Gasteiger partial charge in [0.15, 0.2) is 11.5 Å².